The molecule has 0 aromatic heterocycles. The highest BCUT2D eigenvalue weighted by Gasteiger charge is 2.44. The lowest BCUT2D eigenvalue weighted by atomic mass is 10.4. The molecular weight excluding hydrogens is 234 g/mol. The van der Waals surface area contributed by atoms with Gasteiger partial charge in [-0.2, -0.15) is 0 Å². The van der Waals surface area contributed by atoms with Crippen molar-refractivity contribution in [3.8, 4) is 0 Å². The molecule has 0 aromatic carbocycles. The van der Waals surface area contributed by atoms with Crippen LogP contribution in [0.1, 0.15) is 48.5 Å². The number of hydrogen-bond acceptors (Lipinski definition) is 4. The third-order valence-corrected chi connectivity index (χ3v) is 5.45. The van der Waals surface area contributed by atoms with E-state index >= 15 is 0 Å². The van der Waals surface area contributed by atoms with Gasteiger partial charge in [-0.3, -0.25) is 0 Å². The van der Waals surface area contributed by atoms with Crippen LogP contribution in [-0.4, -0.2) is 33.2 Å². The summed E-state index contributed by atoms with van der Waals surface area (Å²) in [4.78, 5) is 0. The minimum atomic E-state index is -2.67. The maximum absolute atomic E-state index is 5.98. The van der Waals surface area contributed by atoms with Crippen molar-refractivity contribution in [3.63, 3.8) is 0 Å². The highest BCUT2D eigenvalue weighted by molar-refractivity contribution is 6.61. The van der Waals surface area contributed by atoms with Crippen molar-refractivity contribution in [2.45, 2.75) is 78.9 Å². The van der Waals surface area contributed by atoms with E-state index < -0.39 is 8.80 Å². The van der Waals surface area contributed by atoms with Gasteiger partial charge >= 0.3 is 8.80 Å². The number of rotatable bonds is 8. The monoisotopic (exact) mass is 263 g/mol. The van der Waals surface area contributed by atoms with Crippen molar-refractivity contribution in [2.75, 3.05) is 0 Å². The van der Waals surface area contributed by atoms with E-state index in [0.717, 1.165) is 0 Å². The molecule has 0 rings (SSSR count). The molecule has 17 heavy (non-hydrogen) atoms. The maximum Gasteiger partial charge on any atom is 0.503 e. The van der Waals surface area contributed by atoms with Crippen LogP contribution >= 0.6 is 0 Å². The smallest absolute Gasteiger partial charge is 0.371 e. The second-order valence-electron chi connectivity index (χ2n) is 5.36. The first-order chi connectivity index (χ1) is 7.67. The van der Waals surface area contributed by atoms with Crippen LogP contribution in [0.25, 0.3) is 0 Å². The molecule has 0 radical (unpaired) electrons. The van der Waals surface area contributed by atoms with Gasteiger partial charge in [-0.25, -0.2) is 0 Å². The van der Waals surface area contributed by atoms with Crippen LogP contribution in [0.3, 0.4) is 0 Å². The highest BCUT2D eigenvalue weighted by atomic mass is 28.4. The lowest BCUT2D eigenvalue weighted by Gasteiger charge is -2.35. The van der Waals surface area contributed by atoms with Crippen LogP contribution in [0.2, 0.25) is 6.04 Å². The van der Waals surface area contributed by atoms with Gasteiger partial charge in [0.05, 0.1) is 0 Å². The van der Waals surface area contributed by atoms with Crippen molar-refractivity contribution in [1.29, 1.82) is 0 Å². The van der Waals surface area contributed by atoms with Crippen LogP contribution in [-0.2, 0) is 13.3 Å². The fourth-order valence-corrected chi connectivity index (χ4v) is 5.10. The SMILES string of the molecule is CC(N)C[Si](OC(C)C)(OC(C)C)OC(C)C. The Morgan fingerprint density at radius 2 is 1.06 bits per heavy atom. The molecule has 4 nitrogen and oxygen atoms in total. The quantitative estimate of drug-likeness (QED) is 0.684. The van der Waals surface area contributed by atoms with E-state index in [4.69, 9.17) is 19.0 Å². The molecule has 2 N–H and O–H groups in total. The lowest BCUT2D eigenvalue weighted by Crippen LogP contribution is -2.53. The first-order valence-corrected chi connectivity index (χ1v) is 8.39. The second kappa shape index (κ2) is 7.48. The molecule has 104 valence electrons. The van der Waals surface area contributed by atoms with Crippen molar-refractivity contribution < 1.29 is 13.3 Å². The van der Waals surface area contributed by atoms with E-state index in [0.29, 0.717) is 6.04 Å². The third-order valence-electron chi connectivity index (χ3n) is 1.82. The molecule has 0 fully saturated rings. The minimum Gasteiger partial charge on any atom is -0.371 e. The zero-order valence-corrected chi connectivity index (χ0v) is 13.3. The van der Waals surface area contributed by atoms with E-state index in [-0.39, 0.29) is 24.4 Å². The molecule has 0 amide bonds. The zero-order valence-electron chi connectivity index (χ0n) is 12.3. The summed E-state index contributed by atoms with van der Waals surface area (Å²) in [5, 5.41) is 0. The number of hydrogen-bond donors (Lipinski definition) is 1. The largest absolute Gasteiger partial charge is 0.503 e. The summed E-state index contributed by atoms with van der Waals surface area (Å²) >= 11 is 0. The van der Waals surface area contributed by atoms with E-state index in [2.05, 4.69) is 0 Å². The molecule has 0 aliphatic heterocycles. The van der Waals surface area contributed by atoms with Crippen molar-refractivity contribution >= 4 is 8.80 Å². The van der Waals surface area contributed by atoms with Gasteiger partial charge < -0.3 is 19.0 Å². The Bertz CT molecular complexity index is 162. The fourth-order valence-electron chi connectivity index (χ4n) is 1.70. The summed E-state index contributed by atoms with van der Waals surface area (Å²) in [5.74, 6) is 0. The van der Waals surface area contributed by atoms with Crippen LogP contribution < -0.4 is 5.73 Å². The molecule has 0 bridgehead atoms. The Balaban J connectivity index is 4.89. The Hall–Kier alpha value is 0.0569. The normalized spacial score (nSPS) is 15.0. The van der Waals surface area contributed by atoms with Crippen molar-refractivity contribution in [1.82, 2.24) is 0 Å². The van der Waals surface area contributed by atoms with Crippen molar-refractivity contribution in [2.24, 2.45) is 5.73 Å². The van der Waals surface area contributed by atoms with Crippen LogP contribution in [0.4, 0.5) is 0 Å². The topological polar surface area (TPSA) is 53.7 Å². The third kappa shape index (κ3) is 7.89. The molecule has 0 aromatic rings. The van der Waals surface area contributed by atoms with Gasteiger partial charge in [0.25, 0.3) is 0 Å². The summed E-state index contributed by atoms with van der Waals surface area (Å²) in [6.07, 6.45) is 0.244. The van der Waals surface area contributed by atoms with Gasteiger partial charge in [0, 0.05) is 30.4 Å². The first-order valence-electron chi connectivity index (χ1n) is 6.46. The van der Waals surface area contributed by atoms with Gasteiger partial charge in [-0.1, -0.05) is 0 Å². The molecule has 0 aliphatic carbocycles. The Labute approximate surface area is 107 Å². The molecular formula is C12H29NO3Si. The van der Waals surface area contributed by atoms with E-state index in [1.54, 1.807) is 0 Å². The standard InChI is InChI=1S/C12H29NO3Si/c1-9(2)14-17(8-12(7)13,15-10(3)4)16-11(5)6/h9-12H,8,13H2,1-7H3. The van der Waals surface area contributed by atoms with E-state index in [9.17, 15) is 0 Å². The molecule has 0 spiro atoms. The highest BCUT2D eigenvalue weighted by Crippen LogP contribution is 2.23. The summed E-state index contributed by atoms with van der Waals surface area (Å²) in [6, 6.07) is 0.666. The predicted octanol–water partition coefficient (Wildman–Crippen LogP) is 2.55. The average molecular weight is 263 g/mol. The zero-order chi connectivity index (χ0) is 13.6. The second-order valence-corrected chi connectivity index (χ2v) is 7.85. The average Bonchev–Trinajstić information content (AvgIpc) is 1.95. The molecule has 1 unspecified atom stereocenters. The van der Waals surface area contributed by atoms with Crippen LogP contribution in [0, 0.1) is 0 Å². The van der Waals surface area contributed by atoms with Gasteiger partial charge in [-0.15, -0.1) is 0 Å². The van der Waals surface area contributed by atoms with Gasteiger partial charge in [-0.05, 0) is 48.5 Å². The Morgan fingerprint density at radius 1 is 0.765 bits per heavy atom. The lowest BCUT2D eigenvalue weighted by molar-refractivity contribution is 0.00239. The van der Waals surface area contributed by atoms with Gasteiger partial charge in [0.15, 0.2) is 0 Å². The van der Waals surface area contributed by atoms with Crippen LogP contribution in [0.5, 0.6) is 0 Å². The summed E-state index contributed by atoms with van der Waals surface area (Å²) in [6.45, 7) is 13.9. The van der Waals surface area contributed by atoms with Gasteiger partial charge in [0.1, 0.15) is 0 Å². The van der Waals surface area contributed by atoms with Crippen LogP contribution in [0.15, 0.2) is 0 Å². The van der Waals surface area contributed by atoms with E-state index in [1.807, 2.05) is 48.5 Å². The molecule has 5 heteroatoms. The number of nitrogens with two attached hydrogens (primary N) is 1. The molecule has 1 atom stereocenters. The van der Waals surface area contributed by atoms with Gasteiger partial charge in [0.2, 0.25) is 0 Å². The molecule has 0 heterocycles. The first kappa shape index (κ1) is 17.1. The van der Waals surface area contributed by atoms with E-state index in [1.165, 1.54) is 0 Å². The predicted molar refractivity (Wildman–Crippen MR) is 72.9 cm³/mol. The summed E-state index contributed by atoms with van der Waals surface area (Å²) < 4.78 is 18.0. The van der Waals surface area contributed by atoms with Crippen molar-refractivity contribution in [3.05, 3.63) is 0 Å². The fraction of sp³-hybridized carbons (Fsp3) is 1.00. The summed E-state index contributed by atoms with van der Waals surface area (Å²) in [5.41, 5.74) is 5.90. The molecule has 0 aliphatic rings. The summed E-state index contributed by atoms with van der Waals surface area (Å²) in [7, 11) is -2.67. The Kier molecular flexibility index (Phi) is 7.51. The maximum atomic E-state index is 5.98. The molecule has 0 saturated carbocycles. The Morgan fingerprint density at radius 3 is 1.24 bits per heavy atom. The molecule has 0 saturated heterocycles. The minimum absolute atomic E-state index is 0.0120.